The fourth-order valence-electron chi connectivity index (χ4n) is 1.67. The number of aromatic nitrogens is 2. The van der Waals surface area contributed by atoms with Gasteiger partial charge in [0.1, 0.15) is 5.52 Å². The second-order valence-corrected chi connectivity index (χ2v) is 3.92. The highest BCUT2D eigenvalue weighted by Crippen LogP contribution is 2.25. The van der Waals surface area contributed by atoms with E-state index in [1.54, 1.807) is 6.20 Å². The molecule has 2 aromatic heterocycles. The molecule has 0 saturated heterocycles. The summed E-state index contributed by atoms with van der Waals surface area (Å²) < 4.78 is 5.57. The Labute approximate surface area is 98.1 Å². The topological polar surface area (TPSA) is 64.9 Å². The van der Waals surface area contributed by atoms with Gasteiger partial charge in [-0.15, -0.1) is 0 Å². The standard InChI is InChI=1S/C13H11N3O/c1-8-4-5-9(7-10(8)14)12-16-11-3-2-6-15-13(11)17-12/h2-7H,14H2,1H3. The number of aryl methyl sites for hydroxylation is 1. The minimum absolute atomic E-state index is 0.543. The van der Waals surface area contributed by atoms with Crippen LogP contribution in [0, 0.1) is 6.92 Å². The molecule has 2 heterocycles. The molecule has 0 radical (unpaired) electrons. The van der Waals surface area contributed by atoms with E-state index >= 15 is 0 Å². The summed E-state index contributed by atoms with van der Waals surface area (Å²) in [5.41, 5.74) is 9.81. The molecule has 0 spiro atoms. The lowest BCUT2D eigenvalue weighted by Crippen LogP contribution is -1.89. The number of nitrogens with two attached hydrogens (primary N) is 1. The summed E-state index contributed by atoms with van der Waals surface area (Å²) in [5.74, 6) is 0.547. The SMILES string of the molecule is Cc1ccc(-c2nc3cccnc3o2)cc1N. The highest BCUT2D eigenvalue weighted by atomic mass is 16.4. The van der Waals surface area contributed by atoms with Gasteiger partial charge in [-0.1, -0.05) is 6.07 Å². The van der Waals surface area contributed by atoms with E-state index in [0.29, 0.717) is 11.6 Å². The van der Waals surface area contributed by atoms with Crippen molar-refractivity contribution >= 4 is 16.9 Å². The second-order valence-electron chi connectivity index (χ2n) is 3.92. The van der Waals surface area contributed by atoms with Crippen LogP contribution in [0.2, 0.25) is 0 Å². The van der Waals surface area contributed by atoms with E-state index in [-0.39, 0.29) is 0 Å². The smallest absolute Gasteiger partial charge is 0.247 e. The van der Waals surface area contributed by atoms with Crippen molar-refractivity contribution in [1.82, 2.24) is 9.97 Å². The van der Waals surface area contributed by atoms with Gasteiger partial charge in [-0.2, -0.15) is 0 Å². The van der Waals surface area contributed by atoms with Crippen molar-refractivity contribution in [2.75, 3.05) is 5.73 Å². The summed E-state index contributed by atoms with van der Waals surface area (Å²) in [5, 5.41) is 0. The van der Waals surface area contributed by atoms with Crippen LogP contribution >= 0.6 is 0 Å². The van der Waals surface area contributed by atoms with E-state index in [0.717, 1.165) is 22.3 Å². The second kappa shape index (κ2) is 3.59. The van der Waals surface area contributed by atoms with E-state index in [9.17, 15) is 0 Å². The zero-order valence-electron chi connectivity index (χ0n) is 9.34. The first-order valence-corrected chi connectivity index (χ1v) is 5.32. The third-order valence-electron chi connectivity index (χ3n) is 2.69. The highest BCUT2D eigenvalue weighted by Gasteiger charge is 2.09. The summed E-state index contributed by atoms with van der Waals surface area (Å²) in [4.78, 5) is 8.48. The molecule has 0 amide bonds. The lowest BCUT2D eigenvalue weighted by molar-refractivity contribution is 0.608. The number of hydrogen-bond donors (Lipinski definition) is 1. The number of anilines is 1. The summed E-state index contributed by atoms with van der Waals surface area (Å²) in [6.45, 7) is 1.97. The van der Waals surface area contributed by atoms with Gasteiger partial charge in [0.15, 0.2) is 0 Å². The Morgan fingerprint density at radius 2 is 2.12 bits per heavy atom. The minimum atomic E-state index is 0.543. The number of nitrogens with zero attached hydrogens (tertiary/aromatic N) is 2. The van der Waals surface area contributed by atoms with Gasteiger partial charge >= 0.3 is 0 Å². The van der Waals surface area contributed by atoms with Crippen LogP contribution in [0.4, 0.5) is 5.69 Å². The van der Waals surface area contributed by atoms with Crippen LogP contribution in [0.1, 0.15) is 5.56 Å². The molecule has 0 bridgehead atoms. The van der Waals surface area contributed by atoms with Crippen molar-refractivity contribution in [3.63, 3.8) is 0 Å². The van der Waals surface area contributed by atoms with Crippen molar-refractivity contribution in [2.45, 2.75) is 6.92 Å². The number of hydrogen-bond acceptors (Lipinski definition) is 4. The van der Waals surface area contributed by atoms with Crippen molar-refractivity contribution in [1.29, 1.82) is 0 Å². The fraction of sp³-hybridized carbons (Fsp3) is 0.0769. The largest absolute Gasteiger partial charge is 0.418 e. The van der Waals surface area contributed by atoms with Gasteiger partial charge in [0, 0.05) is 17.4 Å². The molecule has 17 heavy (non-hydrogen) atoms. The van der Waals surface area contributed by atoms with Gasteiger partial charge in [-0.3, -0.25) is 0 Å². The summed E-state index contributed by atoms with van der Waals surface area (Å²) in [6, 6.07) is 9.45. The Morgan fingerprint density at radius 1 is 1.24 bits per heavy atom. The van der Waals surface area contributed by atoms with Gasteiger partial charge in [-0.05, 0) is 36.8 Å². The van der Waals surface area contributed by atoms with E-state index in [1.807, 2.05) is 37.3 Å². The van der Waals surface area contributed by atoms with Gasteiger partial charge < -0.3 is 10.2 Å². The quantitative estimate of drug-likeness (QED) is 0.647. The minimum Gasteiger partial charge on any atom is -0.418 e. The van der Waals surface area contributed by atoms with Crippen LogP contribution in [-0.2, 0) is 0 Å². The third kappa shape index (κ3) is 1.63. The Kier molecular flexibility index (Phi) is 2.08. The molecule has 0 aliphatic rings. The van der Waals surface area contributed by atoms with Crippen molar-refractivity contribution < 1.29 is 4.42 Å². The van der Waals surface area contributed by atoms with E-state index in [1.165, 1.54) is 0 Å². The monoisotopic (exact) mass is 225 g/mol. The summed E-state index contributed by atoms with van der Waals surface area (Å²) >= 11 is 0. The Hall–Kier alpha value is -2.36. The zero-order valence-corrected chi connectivity index (χ0v) is 9.34. The molecule has 0 atom stereocenters. The van der Waals surface area contributed by atoms with E-state index in [2.05, 4.69) is 9.97 Å². The number of benzene rings is 1. The molecule has 0 aliphatic carbocycles. The van der Waals surface area contributed by atoms with Crippen LogP contribution in [-0.4, -0.2) is 9.97 Å². The molecular weight excluding hydrogens is 214 g/mol. The van der Waals surface area contributed by atoms with Crippen LogP contribution in [0.15, 0.2) is 40.9 Å². The number of oxazole rings is 1. The molecule has 0 fully saturated rings. The Balaban J connectivity index is 2.17. The van der Waals surface area contributed by atoms with Gasteiger partial charge in [0.2, 0.25) is 11.6 Å². The first-order valence-electron chi connectivity index (χ1n) is 5.32. The maximum Gasteiger partial charge on any atom is 0.247 e. The van der Waals surface area contributed by atoms with Crippen molar-refractivity contribution in [3.05, 3.63) is 42.1 Å². The van der Waals surface area contributed by atoms with Crippen LogP contribution in [0.5, 0.6) is 0 Å². The average Bonchev–Trinajstić information content (AvgIpc) is 2.76. The Bertz CT molecular complexity index is 655. The maximum atomic E-state index is 5.87. The lowest BCUT2D eigenvalue weighted by Gasteiger charge is -2.00. The number of fused-ring (bicyclic) bond motifs is 1. The first kappa shape index (κ1) is 9.84. The number of nitrogen functional groups attached to an aromatic ring is 1. The van der Waals surface area contributed by atoms with Crippen molar-refractivity contribution in [3.8, 4) is 11.5 Å². The third-order valence-corrected chi connectivity index (χ3v) is 2.69. The fourth-order valence-corrected chi connectivity index (χ4v) is 1.67. The molecular formula is C13H11N3O. The lowest BCUT2D eigenvalue weighted by atomic mass is 10.1. The Morgan fingerprint density at radius 3 is 2.88 bits per heavy atom. The molecule has 84 valence electrons. The highest BCUT2D eigenvalue weighted by molar-refractivity contribution is 5.73. The molecule has 1 aromatic carbocycles. The molecule has 0 saturated carbocycles. The van der Waals surface area contributed by atoms with Crippen LogP contribution in [0.25, 0.3) is 22.7 Å². The predicted octanol–water partition coefficient (Wildman–Crippen LogP) is 2.78. The molecule has 0 aliphatic heterocycles. The molecule has 4 heteroatoms. The summed E-state index contributed by atoms with van der Waals surface area (Å²) in [6.07, 6.45) is 1.68. The average molecular weight is 225 g/mol. The van der Waals surface area contributed by atoms with Crippen molar-refractivity contribution in [2.24, 2.45) is 0 Å². The van der Waals surface area contributed by atoms with Crippen LogP contribution in [0.3, 0.4) is 0 Å². The van der Waals surface area contributed by atoms with Gasteiger partial charge in [0.05, 0.1) is 0 Å². The van der Waals surface area contributed by atoms with E-state index < -0.39 is 0 Å². The number of rotatable bonds is 1. The molecule has 2 N–H and O–H groups in total. The molecule has 3 aromatic rings. The van der Waals surface area contributed by atoms with Gasteiger partial charge in [0.25, 0.3) is 0 Å². The normalized spacial score (nSPS) is 10.9. The number of pyridine rings is 1. The summed E-state index contributed by atoms with van der Waals surface area (Å²) in [7, 11) is 0. The molecule has 3 rings (SSSR count). The molecule has 0 unspecified atom stereocenters. The zero-order chi connectivity index (χ0) is 11.8. The maximum absolute atomic E-state index is 5.87. The van der Waals surface area contributed by atoms with E-state index in [4.69, 9.17) is 10.2 Å². The molecule has 4 nitrogen and oxygen atoms in total. The van der Waals surface area contributed by atoms with Gasteiger partial charge in [-0.25, -0.2) is 9.97 Å². The predicted molar refractivity (Wildman–Crippen MR) is 66.4 cm³/mol. The van der Waals surface area contributed by atoms with Crippen LogP contribution < -0.4 is 5.73 Å². The first-order chi connectivity index (χ1) is 8.24.